The van der Waals surface area contributed by atoms with Crippen molar-refractivity contribution in [2.75, 3.05) is 7.11 Å². The summed E-state index contributed by atoms with van der Waals surface area (Å²) in [6.07, 6.45) is 0. The number of hydrogen-bond donors (Lipinski definition) is 1. The predicted molar refractivity (Wildman–Crippen MR) is 47.9 cm³/mol. The van der Waals surface area contributed by atoms with Gasteiger partial charge in [0.1, 0.15) is 11.6 Å². The lowest BCUT2D eigenvalue weighted by Gasteiger charge is -2.04. The van der Waals surface area contributed by atoms with Crippen molar-refractivity contribution in [3.8, 4) is 5.75 Å². The van der Waals surface area contributed by atoms with Gasteiger partial charge in [-0.2, -0.15) is 0 Å². The topological polar surface area (TPSA) is 9.23 Å². The molecule has 0 fully saturated rings. The van der Waals surface area contributed by atoms with E-state index in [1.54, 1.807) is 0 Å². The van der Waals surface area contributed by atoms with Crippen LogP contribution >= 0.6 is 28.6 Å². The van der Waals surface area contributed by atoms with Crippen molar-refractivity contribution in [1.82, 2.24) is 0 Å². The summed E-state index contributed by atoms with van der Waals surface area (Å²) in [5.74, 6) is 0.220. The molecule has 11 heavy (non-hydrogen) atoms. The van der Waals surface area contributed by atoms with Crippen LogP contribution in [-0.2, 0) is 0 Å². The Hall–Kier alpha value is -0.220. The monoisotopic (exact) mass is 236 g/mol. The molecule has 1 aromatic rings. The molecule has 0 spiro atoms. The maximum atomic E-state index is 12.7. The number of halogens is 2. The molecular weight excluding hydrogens is 231 g/mol. The second-order valence-electron chi connectivity index (χ2n) is 1.91. The summed E-state index contributed by atoms with van der Waals surface area (Å²) < 4.78 is 18.0. The van der Waals surface area contributed by atoms with Crippen LogP contribution in [0.2, 0.25) is 0 Å². The highest BCUT2D eigenvalue weighted by atomic mass is 79.9. The molecule has 60 valence electrons. The largest absolute Gasteiger partial charge is 0.496 e. The minimum atomic E-state index is -0.337. The van der Waals surface area contributed by atoms with Gasteiger partial charge in [0, 0.05) is 0 Å². The fourth-order valence-electron chi connectivity index (χ4n) is 0.687. The maximum Gasteiger partial charge on any atom is 0.138 e. The van der Waals surface area contributed by atoms with Gasteiger partial charge < -0.3 is 4.74 Å². The average Bonchev–Trinajstić information content (AvgIpc) is 2.01. The molecule has 1 rings (SSSR count). The van der Waals surface area contributed by atoms with Crippen LogP contribution in [0.1, 0.15) is 0 Å². The van der Waals surface area contributed by atoms with Gasteiger partial charge in [0.05, 0.1) is 16.5 Å². The third-order valence-electron chi connectivity index (χ3n) is 1.25. The number of benzene rings is 1. The van der Waals surface area contributed by atoms with Crippen LogP contribution in [0.3, 0.4) is 0 Å². The first-order valence-corrected chi connectivity index (χ1v) is 4.11. The highest BCUT2D eigenvalue weighted by Gasteiger charge is 2.07. The van der Waals surface area contributed by atoms with Gasteiger partial charge in [-0.15, -0.1) is 12.6 Å². The fourth-order valence-corrected chi connectivity index (χ4v) is 1.29. The molecule has 0 saturated carbocycles. The van der Waals surface area contributed by atoms with Crippen molar-refractivity contribution in [1.29, 1.82) is 0 Å². The lowest BCUT2D eigenvalue weighted by Crippen LogP contribution is -1.87. The number of methoxy groups -OCH3 is 1. The Labute approximate surface area is 78.1 Å². The molecule has 0 aromatic heterocycles. The van der Waals surface area contributed by atoms with Gasteiger partial charge in [0.25, 0.3) is 0 Å². The number of thiol groups is 1. The summed E-state index contributed by atoms with van der Waals surface area (Å²) in [7, 11) is 1.51. The van der Waals surface area contributed by atoms with Gasteiger partial charge >= 0.3 is 0 Å². The zero-order chi connectivity index (χ0) is 8.43. The molecule has 4 heteroatoms. The van der Waals surface area contributed by atoms with Crippen LogP contribution in [0.4, 0.5) is 4.39 Å². The Morgan fingerprint density at radius 3 is 2.73 bits per heavy atom. The van der Waals surface area contributed by atoms with Crippen molar-refractivity contribution in [2.24, 2.45) is 0 Å². The average molecular weight is 237 g/mol. The van der Waals surface area contributed by atoms with E-state index in [-0.39, 0.29) is 5.82 Å². The maximum absolute atomic E-state index is 12.7. The Bertz CT molecular complexity index is 277. The molecule has 0 aliphatic rings. The zero-order valence-corrected chi connectivity index (χ0v) is 8.25. The van der Waals surface area contributed by atoms with Crippen molar-refractivity contribution < 1.29 is 9.13 Å². The van der Waals surface area contributed by atoms with Crippen molar-refractivity contribution in [2.45, 2.75) is 4.90 Å². The van der Waals surface area contributed by atoms with Crippen molar-refractivity contribution in [3.05, 3.63) is 22.4 Å². The van der Waals surface area contributed by atoms with Crippen LogP contribution in [0.25, 0.3) is 0 Å². The summed E-state index contributed by atoms with van der Waals surface area (Å²) in [6, 6.07) is 2.85. The van der Waals surface area contributed by atoms with Crippen LogP contribution in [0, 0.1) is 5.82 Å². The van der Waals surface area contributed by atoms with Gasteiger partial charge in [-0.05, 0) is 28.1 Å². The van der Waals surface area contributed by atoms with Gasteiger partial charge in [0.15, 0.2) is 0 Å². The number of rotatable bonds is 1. The minimum Gasteiger partial charge on any atom is -0.496 e. The number of ether oxygens (including phenoxy) is 1. The van der Waals surface area contributed by atoms with Crippen LogP contribution in [0.15, 0.2) is 21.5 Å². The molecule has 0 N–H and O–H groups in total. The lowest BCUT2D eigenvalue weighted by molar-refractivity contribution is 0.402. The summed E-state index contributed by atoms with van der Waals surface area (Å²) in [4.78, 5) is 0.479. The molecule has 0 saturated heterocycles. The molecular formula is C7H6BrFOS. The number of hydrogen-bond acceptors (Lipinski definition) is 2. The third kappa shape index (κ3) is 1.68. The molecule has 0 unspecified atom stereocenters. The second kappa shape index (κ2) is 3.45. The lowest BCUT2D eigenvalue weighted by atomic mass is 10.3. The van der Waals surface area contributed by atoms with E-state index in [4.69, 9.17) is 4.74 Å². The minimum absolute atomic E-state index is 0.334. The SMILES string of the molecule is COc1ccc(F)c(Br)c1S. The van der Waals surface area contributed by atoms with E-state index in [1.165, 1.54) is 19.2 Å². The third-order valence-corrected chi connectivity index (χ3v) is 2.78. The van der Waals surface area contributed by atoms with Gasteiger partial charge in [-0.1, -0.05) is 0 Å². The Balaban J connectivity index is 3.25. The van der Waals surface area contributed by atoms with Crippen LogP contribution in [0.5, 0.6) is 5.75 Å². The summed E-state index contributed by atoms with van der Waals surface area (Å²) in [5, 5.41) is 0. The van der Waals surface area contributed by atoms with E-state index in [0.717, 1.165) is 0 Å². The van der Waals surface area contributed by atoms with Crippen LogP contribution in [-0.4, -0.2) is 7.11 Å². The van der Waals surface area contributed by atoms with Gasteiger partial charge in [0.2, 0.25) is 0 Å². The molecule has 0 aliphatic heterocycles. The van der Waals surface area contributed by atoms with Gasteiger partial charge in [-0.3, -0.25) is 0 Å². The molecule has 0 aliphatic carbocycles. The molecule has 1 nitrogen and oxygen atoms in total. The highest BCUT2D eigenvalue weighted by Crippen LogP contribution is 2.31. The second-order valence-corrected chi connectivity index (χ2v) is 3.15. The van der Waals surface area contributed by atoms with E-state index in [1.807, 2.05) is 0 Å². The molecule has 0 bridgehead atoms. The summed E-state index contributed by atoms with van der Waals surface area (Å²) >= 11 is 7.09. The fraction of sp³-hybridized carbons (Fsp3) is 0.143. The molecule has 0 radical (unpaired) electrons. The molecule has 0 amide bonds. The normalized spacial score (nSPS) is 9.82. The Morgan fingerprint density at radius 1 is 1.55 bits per heavy atom. The summed E-state index contributed by atoms with van der Waals surface area (Å²) in [5.41, 5.74) is 0. The standard InChI is InChI=1S/C7H6BrFOS/c1-10-5-3-2-4(9)6(8)7(5)11/h2-3,11H,1H3. The smallest absolute Gasteiger partial charge is 0.138 e. The van der Waals surface area contributed by atoms with Gasteiger partial charge in [-0.25, -0.2) is 4.39 Å². The first-order valence-electron chi connectivity index (χ1n) is 2.87. The Morgan fingerprint density at radius 2 is 2.18 bits per heavy atom. The predicted octanol–water partition coefficient (Wildman–Crippen LogP) is 2.89. The summed E-state index contributed by atoms with van der Waals surface area (Å²) in [6.45, 7) is 0. The first-order chi connectivity index (χ1) is 5.16. The van der Waals surface area contributed by atoms with E-state index in [9.17, 15) is 4.39 Å². The van der Waals surface area contributed by atoms with Crippen molar-refractivity contribution in [3.63, 3.8) is 0 Å². The van der Waals surface area contributed by atoms with E-state index < -0.39 is 0 Å². The quantitative estimate of drug-likeness (QED) is 0.739. The molecule has 0 atom stereocenters. The first kappa shape index (κ1) is 8.87. The zero-order valence-electron chi connectivity index (χ0n) is 5.77. The van der Waals surface area contributed by atoms with Crippen molar-refractivity contribution >= 4 is 28.6 Å². The highest BCUT2D eigenvalue weighted by molar-refractivity contribution is 9.10. The van der Waals surface area contributed by atoms with E-state index in [2.05, 4.69) is 28.6 Å². The van der Waals surface area contributed by atoms with Crippen LogP contribution < -0.4 is 4.74 Å². The molecule has 1 aromatic carbocycles. The Kier molecular flexibility index (Phi) is 2.78. The van der Waals surface area contributed by atoms with E-state index >= 15 is 0 Å². The molecule has 0 heterocycles. The van der Waals surface area contributed by atoms with E-state index in [0.29, 0.717) is 15.1 Å².